The highest BCUT2D eigenvalue weighted by atomic mass is 32.2. The third kappa shape index (κ3) is 5.86. The van der Waals surface area contributed by atoms with Gasteiger partial charge in [0.1, 0.15) is 25.0 Å². The number of sulfonamides is 1. The van der Waals surface area contributed by atoms with Gasteiger partial charge >= 0.3 is 0 Å². The number of anilines is 1. The van der Waals surface area contributed by atoms with Crippen molar-refractivity contribution in [3.8, 4) is 17.2 Å². The van der Waals surface area contributed by atoms with E-state index >= 15 is 0 Å². The van der Waals surface area contributed by atoms with Gasteiger partial charge < -0.3 is 19.5 Å². The lowest BCUT2D eigenvalue weighted by atomic mass is 10.1. The summed E-state index contributed by atoms with van der Waals surface area (Å²) in [7, 11) is -3.97. The number of nitrogens with one attached hydrogen (secondary N) is 2. The van der Waals surface area contributed by atoms with Crippen molar-refractivity contribution in [2.45, 2.75) is 24.3 Å². The summed E-state index contributed by atoms with van der Waals surface area (Å²) in [5, 5.41) is 2.79. The molecule has 1 heterocycles. The molecule has 1 atom stereocenters. The van der Waals surface area contributed by atoms with Crippen molar-refractivity contribution in [1.29, 1.82) is 0 Å². The van der Waals surface area contributed by atoms with Gasteiger partial charge in [0.2, 0.25) is 15.9 Å². The molecule has 9 heteroatoms. The predicted octanol–water partition coefficient (Wildman–Crippen LogP) is 3.38. The number of amides is 1. The predicted molar refractivity (Wildman–Crippen MR) is 128 cm³/mol. The fraction of sp³-hybridized carbons (Fsp3) is 0.240. The van der Waals surface area contributed by atoms with Gasteiger partial charge in [-0.2, -0.15) is 4.72 Å². The van der Waals surface area contributed by atoms with Gasteiger partial charge in [-0.25, -0.2) is 8.42 Å². The summed E-state index contributed by atoms with van der Waals surface area (Å²) in [6.45, 7) is 3.21. The van der Waals surface area contributed by atoms with Crippen LogP contribution >= 0.6 is 0 Å². The van der Waals surface area contributed by atoms with Crippen molar-refractivity contribution in [3.05, 3.63) is 78.4 Å². The first kappa shape index (κ1) is 23.6. The molecule has 0 saturated heterocycles. The van der Waals surface area contributed by atoms with E-state index in [1.165, 1.54) is 12.1 Å². The zero-order chi connectivity index (χ0) is 24.0. The number of hydrogen-bond acceptors (Lipinski definition) is 6. The van der Waals surface area contributed by atoms with Gasteiger partial charge in [-0.15, -0.1) is 0 Å². The molecule has 8 nitrogen and oxygen atoms in total. The number of carbonyl (C=O) groups is 1. The summed E-state index contributed by atoms with van der Waals surface area (Å²) in [6, 6.07) is 19.3. The first-order valence-electron chi connectivity index (χ1n) is 10.9. The maximum Gasteiger partial charge on any atom is 0.242 e. The van der Waals surface area contributed by atoms with Gasteiger partial charge in [-0.05, 0) is 55.3 Å². The quantitative estimate of drug-likeness (QED) is 0.485. The van der Waals surface area contributed by atoms with E-state index in [1.54, 1.807) is 30.3 Å². The van der Waals surface area contributed by atoms with Crippen LogP contribution in [0.1, 0.15) is 12.5 Å². The molecule has 3 aromatic rings. The van der Waals surface area contributed by atoms with Crippen LogP contribution in [0.25, 0.3) is 0 Å². The van der Waals surface area contributed by atoms with Gasteiger partial charge in [0.15, 0.2) is 11.5 Å². The van der Waals surface area contributed by atoms with E-state index in [0.717, 1.165) is 5.56 Å². The molecule has 0 bridgehead atoms. The van der Waals surface area contributed by atoms with Crippen LogP contribution in [0.5, 0.6) is 17.2 Å². The fourth-order valence-electron chi connectivity index (χ4n) is 3.53. The van der Waals surface area contributed by atoms with E-state index in [1.807, 2.05) is 37.3 Å². The number of carbonyl (C=O) groups excluding carboxylic acids is 1. The average Bonchev–Trinajstić information content (AvgIpc) is 2.84. The van der Waals surface area contributed by atoms with E-state index in [0.29, 0.717) is 42.8 Å². The highest BCUT2D eigenvalue weighted by Crippen LogP contribution is 2.32. The Bertz CT molecular complexity index is 1230. The monoisotopic (exact) mass is 482 g/mol. The first-order chi connectivity index (χ1) is 16.4. The smallest absolute Gasteiger partial charge is 0.242 e. The molecular formula is C25H26N2O6S. The fourth-order valence-corrected chi connectivity index (χ4v) is 4.72. The van der Waals surface area contributed by atoms with Crippen LogP contribution in [0.2, 0.25) is 0 Å². The number of fused-ring (bicyclic) bond motifs is 1. The number of ether oxygens (including phenoxy) is 3. The maximum absolute atomic E-state index is 13.2. The molecule has 0 saturated carbocycles. The Morgan fingerprint density at radius 3 is 2.38 bits per heavy atom. The maximum atomic E-state index is 13.2. The van der Waals surface area contributed by atoms with Crippen LogP contribution in [0.3, 0.4) is 0 Å². The van der Waals surface area contributed by atoms with Gasteiger partial charge in [0.25, 0.3) is 0 Å². The molecule has 0 fully saturated rings. The lowest BCUT2D eigenvalue weighted by Crippen LogP contribution is -2.45. The average molecular weight is 483 g/mol. The lowest BCUT2D eigenvalue weighted by molar-refractivity contribution is -0.117. The van der Waals surface area contributed by atoms with Crippen molar-refractivity contribution in [3.63, 3.8) is 0 Å². The van der Waals surface area contributed by atoms with Crippen molar-refractivity contribution in [2.24, 2.45) is 0 Å². The molecule has 1 unspecified atom stereocenters. The van der Waals surface area contributed by atoms with Crippen LogP contribution in [-0.2, 0) is 21.2 Å². The molecule has 0 aromatic heterocycles. The zero-order valence-corrected chi connectivity index (χ0v) is 19.5. The third-order valence-electron chi connectivity index (χ3n) is 5.15. The molecule has 0 radical (unpaired) electrons. The topological polar surface area (TPSA) is 103 Å². The van der Waals surface area contributed by atoms with E-state index < -0.39 is 22.0 Å². The van der Waals surface area contributed by atoms with Crippen molar-refractivity contribution < 1.29 is 27.4 Å². The summed E-state index contributed by atoms with van der Waals surface area (Å²) in [4.78, 5) is 13.2. The molecule has 1 aliphatic heterocycles. The highest BCUT2D eigenvalue weighted by molar-refractivity contribution is 7.89. The van der Waals surface area contributed by atoms with E-state index in [4.69, 9.17) is 14.2 Å². The molecule has 1 amide bonds. The van der Waals surface area contributed by atoms with Gasteiger partial charge in [0.05, 0.1) is 11.5 Å². The third-order valence-corrected chi connectivity index (χ3v) is 6.64. The zero-order valence-electron chi connectivity index (χ0n) is 18.7. The second-order valence-electron chi connectivity index (χ2n) is 7.62. The van der Waals surface area contributed by atoms with Gasteiger partial charge in [-0.1, -0.05) is 30.3 Å². The van der Waals surface area contributed by atoms with Crippen LogP contribution in [0.4, 0.5) is 5.69 Å². The molecule has 0 aliphatic carbocycles. The number of benzene rings is 3. The minimum atomic E-state index is -3.97. The second kappa shape index (κ2) is 10.6. The number of rotatable bonds is 9. The molecule has 178 valence electrons. The molecule has 2 N–H and O–H groups in total. The Morgan fingerprint density at radius 2 is 1.68 bits per heavy atom. The minimum absolute atomic E-state index is 0.0427. The molecule has 34 heavy (non-hydrogen) atoms. The minimum Gasteiger partial charge on any atom is -0.494 e. The van der Waals surface area contributed by atoms with Crippen molar-refractivity contribution in [2.75, 3.05) is 25.1 Å². The molecule has 4 rings (SSSR count). The van der Waals surface area contributed by atoms with Gasteiger partial charge in [0, 0.05) is 11.8 Å². The summed E-state index contributed by atoms with van der Waals surface area (Å²) >= 11 is 0. The van der Waals surface area contributed by atoms with E-state index in [2.05, 4.69) is 10.0 Å². The first-order valence-corrected chi connectivity index (χ1v) is 12.4. The van der Waals surface area contributed by atoms with Crippen LogP contribution in [-0.4, -0.2) is 40.2 Å². The lowest BCUT2D eigenvalue weighted by Gasteiger charge is -2.21. The van der Waals surface area contributed by atoms with Crippen LogP contribution in [0.15, 0.2) is 77.7 Å². The normalized spacial score (nSPS) is 13.7. The summed E-state index contributed by atoms with van der Waals surface area (Å²) in [6.07, 6.45) is 0.174. The SMILES string of the molecule is CCOc1ccc(S(=O)(=O)NC(Cc2ccccc2)C(=O)Nc2ccc3c(c2)OCCO3)cc1. The van der Waals surface area contributed by atoms with Crippen LogP contribution in [0, 0.1) is 0 Å². The second-order valence-corrected chi connectivity index (χ2v) is 9.33. The van der Waals surface area contributed by atoms with Gasteiger partial charge in [-0.3, -0.25) is 4.79 Å². The molecular weight excluding hydrogens is 456 g/mol. The van der Waals surface area contributed by atoms with E-state index in [9.17, 15) is 13.2 Å². The largest absolute Gasteiger partial charge is 0.494 e. The molecule has 3 aromatic carbocycles. The standard InChI is InChI=1S/C25H26N2O6S/c1-2-31-20-9-11-21(12-10-20)34(29,30)27-22(16-18-6-4-3-5-7-18)25(28)26-19-8-13-23-24(17-19)33-15-14-32-23/h3-13,17,22,27H,2,14-16H2,1H3,(H,26,28). The van der Waals surface area contributed by atoms with Crippen LogP contribution < -0.4 is 24.2 Å². The molecule has 1 aliphatic rings. The Balaban J connectivity index is 1.55. The Labute approximate surface area is 198 Å². The Morgan fingerprint density at radius 1 is 0.971 bits per heavy atom. The summed E-state index contributed by atoms with van der Waals surface area (Å²) in [5.74, 6) is 1.20. The van der Waals surface area contributed by atoms with Crippen molar-refractivity contribution in [1.82, 2.24) is 4.72 Å². The summed E-state index contributed by atoms with van der Waals surface area (Å²) < 4.78 is 45.2. The summed E-state index contributed by atoms with van der Waals surface area (Å²) in [5.41, 5.74) is 1.30. The Kier molecular flexibility index (Phi) is 7.34. The van der Waals surface area contributed by atoms with Crippen molar-refractivity contribution >= 4 is 21.6 Å². The Hall–Kier alpha value is -3.56. The number of hydrogen-bond donors (Lipinski definition) is 2. The van der Waals surface area contributed by atoms with E-state index in [-0.39, 0.29) is 11.3 Å². The highest BCUT2D eigenvalue weighted by Gasteiger charge is 2.27. The molecule has 0 spiro atoms.